The van der Waals surface area contributed by atoms with Gasteiger partial charge in [-0.05, 0) is 54.7 Å². The largest absolute Gasteiger partial charge is 0.336 e. The number of fused-ring (bicyclic) bond motifs is 2. The van der Waals surface area contributed by atoms with Crippen LogP contribution < -0.4 is 0 Å². The van der Waals surface area contributed by atoms with Gasteiger partial charge in [-0.2, -0.15) is 4.31 Å². The molecule has 30 heavy (non-hydrogen) atoms. The van der Waals surface area contributed by atoms with Gasteiger partial charge < -0.3 is 4.90 Å². The van der Waals surface area contributed by atoms with Gasteiger partial charge in [-0.25, -0.2) is 8.42 Å². The maximum Gasteiger partial charge on any atom is 0.254 e. The van der Waals surface area contributed by atoms with Crippen molar-refractivity contribution in [3.63, 3.8) is 0 Å². The van der Waals surface area contributed by atoms with Crippen LogP contribution in [0.3, 0.4) is 0 Å². The van der Waals surface area contributed by atoms with E-state index in [4.69, 9.17) is 0 Å². The van der Waals surface area contributed by atoms with Gasteiger partial charge in [0.2, 0.25) is 10.0 Å². The Labute approximate surface area is 176 Å². The standard InChI is InChI=1S/C23H23N3O3S/c27-23(21-10-11-24-22-7-2-1-6-20(21)22)25-12-14-26(15-13-25)30(28,29)19-9-8-17-4-3-5-18(17)16-19/h1-2,6-11,16H,3-5,12-15H2. The van der Waals surface area contributed by atoms with Gasteiger partial charge in [-0.3, -0.25) is 9.78 Å². The molecule has 0 bridgehead atoms. The average Bonchev–Trinajstić information content (AvgIpc) is 3.26. The molecule has 1 aromatic heterocycles. The van der Waals surface area contributed by atoms with Crippen LogP contribution >= 0.6 is 0 Å². The van der Waals surface area contributed by atoms with Gasteiger partial charge in [0.25, 0.3) is 5.91 Å². The van der Waals surface area contributed by atoms with Gasteiger partial charge in [-0.1, -0.05) is 24.3 Å². The van der Waals surface area contributed by atoms with Crippen molar-refractivity contribution in [2.75, 3.05) is 26.2 Å². The fourth-order valence-corrected chi connectivity index (χ4v) is 5.92. The first-order chi connectivity index (χ1) is 14.5. The first-order valence-corrected chi connectivity index (χ1v) is 11.7. The molecular weight excluding hydrogens is 398 g/mol. The van der Waals surface area contributed by atoms with Crippen molar-refractivity contribution in [1.82, 2.24) is 14.2 Å². The van der Waals surface area contributed by atoms with E-state index >= 15 is 0 Å². The molecule has 0 radical (unpaired) electrons. The van der Waals surface area contributed by atoms with Crippen molar-refractivity contribution in [1.29, 1.82) is 0 Å². The highest BCUT2D eigenvalue weighted by atomic mass is 32.2. The Hall–Kier alpha value is -2.77. The molecule has 1 fully saturated rings. The number of para-hydroxylation sites is 1. The van der Waals surface area contributed by atoms with Crippen molar-refractivity contribution in [3.8, 4) is 0 Å². The third kappa shape index (κ3) is 3.28. The molecule has 0 unspecified atom stereocenters. The number of benzene rings is 2. The van der Waals surface area contributed by atoms with Crippen molar-refractivity contribution in [2.45, 2.75) is 24.2 Å². The van der Waals surface area contributed by atoms with E-state index in [2.05, 4.69) is 4.98 Å². The predicted molar refractivity (Wildman–Crippen MR) is 115 cm³/mol. The maximum absolute atomic E-state index is 13.1. The Bertz CT molecular complexity index is 1230. The summed E-state index contributed by atoms with van der Waals surface area (Å²) < 4.78 is 27.7. The number of aromatic nitrogens is 1. The van der Waals surface area contributed by atoms with E-state index in [1.54, 1.807) is 23.2 Å². The number of pyridine rings is 1. The molecule has 2 heterocycles. The smallest absolute Gasteiger partial charge is 0.254 e. The van der Waals surface area contributed by atoms with Crippen LogP contribution in [0.15, 0.2) is 59.6 Å². The lowest BCUT2D eigenvalue weighted by Gasteiger charge is -2.34. The van der Waals surface area contributed by atoms with E-state index < -0.39 is 10.0 Å². The minimum Gasteiger partial charge on any atom is -0.336 e. The summed E-state index contributed by atoms with van der Waals surface area (Å²) in [5.74, 6) is -0.0804. The zero-order valence-electron chi connectivity index (χ0n) is 16.6. The normalized spacial score (nSPS) is 17.3. The predicted octanol–water partition coefficient (Wildman–Crippen LogP) is 2.87. The Balaban J connectivity index is 1.33. The highest BCUT2D eigenvalue weighted by Crippen LogP contribution is 2.27. The summed E-state index contributed by atoms with van der Waals surface area (Å²) in [5.41, 5.74) is 3.79. The number of carbonyl (C=O) groups excluding carboxylic acids is 1. The Morgan fingerprint density at radius 1 is 0.900 bits per heavy atom. The number of hydrogen-bond donors (Lipinski definition) is 0. The third-order valence-electron chi connectivity index (χ3n) is 6.11. The molecule has 2 aromatic carbocycles. The summed E-state index contributed by atoms with van der Waals surface area (Å²) in [6, 6.07) is 14.8. The minimum absolute atomic E-state index is 0.0804. The summed E-state index contributed by atoms with van der Waals surface area (Å²) in [6.07, 6.45) is 4.70. The summed E-state index contributed by atoms with van der Waals surface area (Å²) in [7, 11) is -3.55. The molecule has 0 atom stereocenters. The number of carbonyl (C=O) groups is 1. The van der Waals surface area contributed by atoms with Crippen molar-refractivity contribution >= 4 is 26.8 Å². The molecule has 5 rings (SSSR count). The van der Waals surface area contributed by atoms with E-state index in [1.807, 2.05) is 36.4 Å². The summed E-state index contributed by atoms with van der Waals surface area (Å²) >= 11 is 0. The zero-order valence-corrected chi connectivity index (χ0v) is 17.4. The molecule has 1 saturated heterocycles. The van der Waals surface area contributed by atoms with E-state index in [9.17, 15) is 13.2 Å². The second-order valence-corrected chi connectivity index (χ2v) is 9.79. The van der Waals surface area contributed by atoms with Crippen LogP contribution in [-0.2, 0) is 22.9 Å². The van der Waals surface area contributed by atoms with Crippen LogP contribution in [0, 0.1) is 0 Å². The van der Waals surface area contributed by atoms with Gasteiger partial charge in [0.15, 0.2) is 0 Å². The molecule has 0 N–H and O–H groups in total. The van der Waals surface area contributed by atoms with Gasteiger partial charge >= 0.3 is 0 Å². The molecule has 1 aliphatic carbocycles. The summed E-state index contributed by atoms with van der Waals surface area (Å²) in [6.45, 7) is 1.35. The van der Waals surface area contributed by atoms with Crippen LogP contribution in [0.4, 0.5) is 0 Å². The number of aryl methyl sites for hydroxylation is 2. The van der Waals surface area contributed by atoms with Gasteiger partial charge in [0.1, 0.15) is 0 Å². The topological polar surface area (TPSA) is 70.6 Å². The van der Waals surface area contributed by atoms with E-state index in [-0.39, 0.29) is 5.91 Å². The van der Waals surface area contributed by atoms with Crippen molar-refractivity contribution in [3.05, 3.63) is 71.4 Å². The molecule has 154 valence electrons. The van der Waals surface area contributed by atoms with Gasteiger partial charge in [0.05, 0.1) is 16.0 Å². The average molecular weight is 422 g/mol. The van der Waals surface area contributed by atoms with Crippen molar-refractivity contribution < 1.29 is 13.2 Å². The molecule has 2 aliphatic rings. The molecule has 0 spiro atoms. The van der Waals surface area contributed by atoms with Crippen LogP contribution in [0.1, 0.15) is 27.9 Å². The van der Waals surface area contributed by atoms with Crippen molar-refractivity contribution in [2.24, 2.45) is 0 Å². The lowest BCUT2D eigenvalue weighted by atomic mass is 10.1. The zero-order chi connectivity index (χ0) is 20.7. The quantitative estimate of drug-likeness (QED) is 0.652. The van der Waals surface area contributed by atoms with E-state index in [0.717, 1.165) is 35.7 Å². The van der Waals surface area contributed by atoms with Gasteiger partial charge in [-0.15, -0.1) is 0 Å². The van der Waals surface area contributed by atoms with Gasteiger partial charge in [0, 0.05) is 37.8 Å². The monoisotopic (exact) mass is 421 g/mol. The van der Waals surface area contributed by atoms with Crippen LogP contribution in [0.2, 0.25) is 0 Å². The van der Waals surface area contributed by atoms with Crippen LogP contribution in [0.25, 0.3) is 10.9 Å². The van der Waals surface area contributed by atoms with Crippen LogP contribution in [-0.4, -0.2) is 54.7 Å². The molecule has 3 aromatic rings. The molecule has 1 amide bonds. The molecule has 0 saturated carbocycles. The molecule has 6 nitrogen and oxygen atoms in total. The minimum atomic E-state index is -3.55. The lowest BCUT2D eigenvalue weighted by Crippen LogP contribution is -2.50. The SMILES string of the molecule is O=C(c1ccnc2ccccc12)N1CCN(S(=O)(=O)c2ccc3c(c2)CCC3)CC1. The summed E-state index contributed by atoms with van der Waals surface area (Å²) in [5, 5.41) is 0.818. The molecule has 7 heteroatoms. The van der Waals surface area contributed by atoms with E-state index in [1.165, 1.54) is 9.87 Å². The Morgan fingerprint density at radius 3 is 2.50 bits per heavy atom. The number of piperazine rings is 1. The number of nitrogens with zero attached hydrogens (tertiary/aromatic N) is 3. The second kappa shape index (κ2) is 7.49. The summed E-state index contributed by atoms with van der Waals surface area (Å²) in [4.78, 5) is 19.5. The first-order valence-electron chi connectivity index (χ1n) is 10.3. The Morgan fingerprint density at radius 2 is 1.67 bits per heavy atom. The fourth-order valence-electron chi connectivity index (χ4n) is 4.44. The number of rotatable bonds is 3. The number of hydrogen-bond acceptors (Lipinski definition) is 4. The highest BCUT2D eigenvalue weighted by molar-refractivity contribution is 7.89. The molecule has 1 aliphatic heterocycles. The first kappa shape index (κ1) is 19.2. The Kier molecular flexibility index (Phi) is 4.79. The maximum atomic E-state index is 13.1. The number of amides is 1. The van der Waals surface area contributed by atoms with E-state index in [0.29, 0.717) is 36.6 Å². The fraction of sp³-hybridized carbons (Fsp3) is 0.304. The number of sulfonamides is 1. The lowest BCUT2D eigenvalue weighted by molar-refractivity contribution is 0.0700. The highest BCUT2D eigenvalue weighted by Gasteiger charge is 2.31. The molecular formula is C23H23N3O3S. The second-order valence-electron chi connectivity index (χ2n) is 7.86. The third-order valence-corrected chi connectivity index (χ3v) is 8.01. The van der Waals surface area contributed by atoms with Crippen LogP contribution in [0.5, 0.6) is 0 Å².